The highest BCUT2D eigenvalue weighted by atomic mass is 19.1. The van der Waals surface area contributed by atoms with Crippen LogP contribution in [0.5, 0.6) is 5.75 Å². The van der Waals surface area contributed by atoms with E-state index in [1.165, 1.54) is 6.07 Å². The van der Waals surface area contributed by atoms with Crippen LogP contribution in [0.2, 0.25) is 0 Å². The molecule has 0 fully saturated rings. The third-order valence-electron chi connectivity index (χ3n) is 2.73. The Morgan fingerprint density at radius 2 is 2.19 bits per heavy atom. The third kappa shape index (κ3) is 2.51. The summed E-state index contributed by atoms with van der Waals surface area (Å²) in [5.41, 5.74) is 5.66. The minimum absolute atomic E-state index is 0.114. The number of hydrogen-bond acceptors (Lipinski definition) is 3. The van der Waals surface area contributed by atoms with Gasteiger partial charge in [-0.05, 0) is 24.6 Å². The number of ether oxygens (including phenoxy) is 1. The monoisotopic (exact) mass is 227 g/mol. The van der Waals surface area contributed by atoms with Crippen LogP contribution in [-0.4, -0.2) is 24.9 Å². The largest absolute Gasteiger partial charge is 0.491 e. The van der Waals surface area contributed by atoms with Gasteiger partial charge in [-0.2, -0.15) is 0 Å². The van der Waals surface area contributed by atoms with Crippen molar-refractivity contribution in [3.8, 4) is 5.75 Å². The van der Waals surface area contributed by atoms with Gasteiger partial charge in [-0.1, -0.05) is 13.0 Å². The zero-order valence-corrected chi connectivity index (χ0v) is 9.66. The molecule has 16 heavy (non-hydrogen) atoms. The van der Waals surface area contributed by atoms with E-state index in [9.17, 15) is 9.50 Å². The van der Waals surface area contributed by atoms with E-state index in [-0.39, 0.29) is 18.9 Å². The van der Waals surface area contributed by atoms with Crippen molar-refractivity contribution in [1.29, 1.82) is 0 Å². The van der Waals surface area contributed by atoms with Crippen molar-refractivity contribution in [2.75, 3.05) is 19.8 Å². The van der Waals surface area contributed by atoms with Crippen molar-refractivity contribution >= 4 is 0 Å². The summed E-state index contributed by atoms with van der Waals surface area (Å²) in [6, 6.07) is 4.67. The Morgan fingerprint density at radius 3 is 2.62 bits per heavy atom. The van der Waals surface area contributed by atoms with Crippen molar-refractivity contribution < 1.29 is 14.2 Å². The van der Waals surface area contributed by atoms with Crippen molar-refractivity contribution in [2.45, 2.75) is 19.3 Å². The quantitative estimate of drug-likeness (QED) is 0.800. The Kier molecular flexibility index (Phi) is 4.26. The van der Waals surface area contributed by atoms with E-state index in [1.807, 2.05) is 0 Å². The molecule has 0 spiro atoms. The lowest BCUT2D eigenvalue weighted by Crippen LogP contribution is -2.35. The molecule has 0 radical (unpaired) electrons. The molecule has 0 saturated heterocycles. The lowest BCUT2D eigenvalue weighted by molar-refractivity contribution is 0.209. The maximum Gasteiger partial charge on any atom is 0.165 e. The van der Waals surface area contributed by atoms with E-state index in [0.717, 1.165) is 0 Å². The highest BCUT2D eigenvalue weighted by Crippen LogP contribution is 2.26. The molecule has 1 aromatic rings. The van der Waals surface area contributed by atoms with Crippen LogP contribution < -0.4 is 10.5 Å². The van der Waals surface area contributed by atoms with Crippen LogP contribution in [0.3, 0.4) is 0 Å². The first-order valence-corrected chi connectivity index (χ1v) is 5.31. The molecule has 1 aromatic carbocycles. The molecule has 90 valence electrons. The zero-order chi connectivity index (χ0) is 12.2. The molecule has 1 rings (SSSR count). The maximum atomic E-state index is 13.6. The van der Waals surface area contributed by atoms with E-state index in [1.54, 1.807) is 26.0 Å². The molecule has 0 bridgehead atoms. The molecule has 3 N–H and O–H groups in total. The number of hydrogen-bond donors (Lipinski definition) is 2. The van der Waals surface area contributed by atoms with Crippen LogP contribution in [0.1, 0.15) is 19.4 Å². The number of aliphatic hydroxyl groups is 1. The smallest absolute Gasteiger partial charge is 0.165 e. The Bertz CT molecular complexity index is 351. The fourth-order valence-corrected chi connectivity index (χ4v) is 1.42. The van der Waals surface area contributed by atoms with Crippen LogP contribution in [0.4, 0.5) is 4.39 Å². The van der Waals surface area contributed by atoms with Gasteiger partial charge in [-0.3, -0.25) is 0 Å². The van der Waals surface area contributed by atoms with Crippen LogP contribution in [-0.2, 0) is 5.41 Å². The second-order valence-corrected chi connectivity index (χ2v) is 4.00. The Hall–Kier alpha value is -1.13. The van der Waals surface area contributed by atoms with Gasteiger partial charge in [-0.15, -0.1) is 0 Å². The van der Waals surface area contributed by atoms with Crippen LogP contribution in [0.25, 0.3) is 0 Å². The van der Waals surface area contributed by atoms with Gasteiger partial charge >= 0.3 is 0 Å². The number of rotatable bonds is 5. The number of nitrogens with two attached hydrogens (primary N) is 1. The van der Waals surface area contributed by atoms with E-state index in [4.69, 9.17) is 10.5 Å². The van der Waals surface area contributed by atoms with Crippen molar-refractivity contribution in [2.24, 2.45) is 5.73 Å². The lowest BCUT2D eigenvalue weighted by Gasteiger charge is -2.26. The topological polar surface area (TPSA) is 55.5 Å². The first-order valence-electron chi connectivity index (χ1n) is 5.31. The van der Waals surface area contributed by atoms with E-state index < -0.39 is 11.2 Å². The molecule has 3 nitrogen and oxygen atoms in total. The molecule has 1 atom stereocenters. The van der Waals surface area contributed by atoms with Crippen molar-refractivity contribution in [3.05, 3.63) is 29.6 Å². The molecule has 4 heteroatoms. The molecule has 0 aliphatic heterocycles. The van der Waals surface area contributed by atoms with E-state index in [2.05, 4.69) is 0 Å². The van der Waals surface area contributed by atoms with E-state index in [0.29, 0.717) is 12.2 Å². The van der Waals surface area contributed by atoms with E-state index >= 15 is 0 Å². The van der Waals surface area contributed by atoms with Crippen molar-refractivity contribution in [1.82, 2.24) is 0 Å². The van der Waals surface area contributed by atoms with Gasteiger partial charge in [-0.25, -0.2) is 4.39 Å². The van der Waals surface area contributed by atoms with Gasteiger partial charge in [0.1, 0.15) is 0 Å². The minimum atomic E-state index is -0.606. The van der Waals surface area contributed by atoms with Crippen LogP contribution in [0.15, 0.2) is 18.2 Å². The molecule has 0 amide bonds. The summed E-state index contributed by atoms with van der Waals surface area (Å²) >= 11 is 0. The summed E-state index contributed by atoms with van der Waals surface area (Å²) in [6.07, 6.45) is 0. The van der Waals surface area contributed by atoms with Crippen LogP contribution >= 0.6 is 0 Å². The van der Waals surface area contributed by atoms with Gasteiger partial charge in [0.15, 0.2) is 11.6 Å². The van der Waals surface area contributed by atoms with Gasteiger partial charge in [0.25, 0.3) is 0 Å². The highest BCUT2D eigenvalue weighted by Gasteiger charge is 2.25. The zero-order valence-electron chi connectivity index (χ0n) is 9.66. The normalized spacial score (nSPS) is 14.6. The average Bonchev–Trinajstić information content (AvgIpc) is 2.31. The Labute approximate surface area is 95.0 Å². The summed E-state index contributed by atoms with van der Waals surface area (Å²) in [4.78, 5) is 0. The molecular weight excluding hydrogens is 209 g/mol. The second-order valence-electron chi connectivity index (χ2n) is 4.00. The van der Waals surface area contributed by atoms with Gasteiger partial charge in [0.2, 0.25) is 0 Å². The molecule has 0 aliphatic rings. The summed E-state index contributed by atoms with van der Waals surface area (Å²) < 4.78 is 18.7. The fraction of sp³-hybridized carbons (Fsp3) is 0.500. The average molecular weight is 227 g/mol. The Morgan fingerprint density at radius 1 is 1.50 bits per heavy atom. The number of halogens is 1. The molecule has 1 unspecified atom stereocenters. The lowest BCUT2D eigenvalue weighted by atomic mass is 9.83. The second kappa shape index (κ2) is 5.27. The third-order valence-corrected chi connectivity index (χ3v) is 2.73. The summed E-state index contributed by atoms with van der Waals surface area (Å²) in [5.74, 6) is -0.198. The molecule has 0 saturated carbocycles. The minimum Gasteiger partial charge on any atom is -0.491 e. The van der Waals surface area contributed by atoms with Crippen LogP contribution in [0, 0.1) is 5.82 Å². The van der Waals surface area contributed by atoms with Gasteiger partial charge < -0.3 is 15.6 Å². The first kappa shape index (κ1) is 12.9. The summed E-state index contributed by atoms with van der Waals surface area (Å²) in [5, 5.41) is 9.27. The highest BCUT2D eigenvalue weighted by molar-refractivity contribution is 5.34. The van der Waals surface area contributed by atoms with Crippen molar-refractivity contribution in [3.63, 3.8) is 0 Å². The summed E-state index contributed by atoms with van der Waals surface area (Å²) in [7, 11) is 0. The maximum absolute atomic E-state index is 13.6. The molecule has 0 aromatic heterocycles. The van der Waals surface area contributed by atoms with Gasteiger partial charge in [0.05, 0.1) is 13.2 Å². The SMILES string of the molecule is CCOc1ccc(C(C)(CN)CO)cc1F. The number of aliphatic hydroxyl groups excluding tert-OH is 1. The summed E-state index contributed by atoms with van der Waals surface area (Å²) in [6.45, 7) is 4.16. The molecule has 0 aliphatic carbocycles. The number of benzene rings is 1. The first-order chi connectivity index (χ1) is 7.57. The standard InChI is InChI=1S/C12H18FNO2/c1-3-16-11-5-4-9(6-10(11)13)12(2,7-14)8-15/h4-6,15H,3,7-8,14H2,1-2H3. The Balaban J connectivity index is 3.04. The predicted molar refractivity (Wildman–Crippen MR) is 61.1 cm³/mol. The predicted octanol–water partition coefficient (Wildman–Crippen LogP) is 1.43. The fourth-order valence-electron chi connectivity index (χ4n) is 1.42. The molecule has 0 heterocycles. The molecular formula is C12H18FNO2. The van der Waals surface area contributed by atoms with Gasteiger partial charge in [0, 0.05) is 12.0 Å².